The van der Waals surface area contributed by atoms with Crippen molar-refractivity contribution in [3.63, 3.8) is 0 Å². The van der Waals surface area contributed by atoms with E-state index in [0.29, 0.717) is 12.0 Å². The van der Waals surface area contributed by atoms with E-state index < -0.39 is 0 Å². The number of ether oxygens (including phenoxy) is 1. The van der Waals surface area contributed by atoms with Crippen molar-refractivity contribution in [3.05, 3.63) is 24.3 Å². The second kappa shape index (κ2) is 4.03. The molecule has 2 aromatic rings. The molecule has 2 aromatic heterocycles. The van der Waals surface area contributed by atoms with Crippen molar-refractivity contribution in [3.8, 4) is 0 Å². The summed E-state index contributed by atoms with van der Waals surface area (Å²) in [5.74, 6) is 1.31. The zero-order valence-corrected chi connectivity index (χ0v) is 9.52. The van der Waals surface area contributed by atoms with E-state index in [1.54, 1.807) is 6.20 Å². The average molecular weight is 238 g/mol. The molecule has 0 aliphatic carbocycles. The van der Waals surface area contributed by atoms with E-state index in [1.807, 2.05) is 12.3 Å². The molecule has 0 amide bonds. The summed E-state index contributed by atoms with van der Waals surface area (Å²) in [6.07, 6.45) is 5.00. The van der Waals surface area contributed by atoms with Crippen LogP contribution in [0.4, 0.5) is 0 Å². The van der Waals surface area contributed by atoms with Gasteiger partial charge in [-0.1, -0.05) is 0 Å². The fourth-order valence-electron chi connectivity index (χ4n) is 1.96. The lowest BCUT2D eigenvalue weighted by atomic mass is 10.2. The van der Waals surface area contributed by atoms with Crippen LogP contribution in [0.5, 0.6) is 0 Å². The van der Waals surface area contributed by atoms with Gasteiger partial charge in [-0.3, -0.25) is 4.98 Å². The van der Waals surface area contributed by atoms with Crippen molar-refractivity contribution in [2.24, 2.45) is 0 Å². The Balaban J connectivity index is 2.04. The first-order chi connectivity index (χ1) is 7.88. The fraction of sp³-hybridized carbons (Fsp3) is 0.455. The minimum Gasteiger partial charge on any atom is -0.376 e. The maximum atomic E-state index is 5.90. The number of nitrogens with zero attached hydrogens (tertiary/aromatic N) is 3. The lowest BCUT2D eigenvalue weighted by Gasteiger charge is -2.27. The maximum absolute atomic E-state index is 5.90. The number of hydrogen-bond acceptors (Lipinski definition) is 3. The monoisotopic (exact) mass is 237 g/mol. The van der Waals surface area contributed by atoms with Crippen LogP contribution in [-0.2, 0) is 17.2 Å². The highest BCUT2D eigenvalue weighted by Gasteiger charge is 2.21. The lowest BCUT2D eigenvalue weighted by molar-refractivity contribution is -0.0589. The van der Waals surface area contributed by atoms with Gasteiger partial charge in [0.25, 0.3) is 0 Å². The van der Waals surface area contributed by atoms with Crippen LogP contribution >= 0.6 is 11.6 Å². The quantitative estimate of drug-likeness (QED) is 0.767. The molecular formula is C11H12ClN3O. The number of fused-ring (bicyclic) bond motifs is 1. The molecule has 16 heavy (non-hydrogen) atoms. The Morgan fingerprint density at radius 2 is 2.44 bits per heavy atom. The highest BCUT2D eigenvalue weighted by atomic mass is 35.5. The van der Waals surface area contributed by atoms with E-state index in [4.69, 9.17) is 16.3 Å². The zero-order valence-electron chi connectivity index (χ0n) is 8.77. The summed E-state index contributed by atoms with van der Waals surface area (Å²) in [6.45, 7) is 1.69. The number of aromatic nitrogens is 3. The third-order valence-corrected chi connectivity index (χ3v) is 3.17. The van der Waals surface area contributed by atoms with Gasteiger partial charge in [0.2, 0.25) is 0 Å². The van der Waals surface area contributed by atoms with Crippen LogP contribution in [-0.4, -0.2) is 27.2 Å². The van der Waals surface area contributed by atoms with Gasteiger partial charge in [0, 0.05) is 12.8 Å². The number of hydrogen-bond donors (Lipinski definition) is 0. The summed E-state index contributed by atoms with van der Waals surface area (Å²) in [5.41, 5.74) is 1.98. The van der Waals surface area contributed by atoms with Gasteiger partial charge in [0.05, 0.1) is 35.8 Å². The molecule has 3 rings (SSSR count). The largest absolute Gasteiger partial charge is 0.376 e. The van der Waals surface area contributed by atoms with Crippen molar-refractivity contribution >= 4 is 22.6 Å². The number of pyridine rings is 1. The highest BCUT2D eigenvalue weighted by Crippen LogP contribution is 2.20. The Kier molecular flexibility index (Phi) is 2.53. The molecular weight excluding hydrogens is 226 g/mol. The third-order valence-electron chi connectivity index (χ3n) is 2.93. The Bertz CT molecular complexity index is 507. The molecule has 1 aliphatic heterocycles. The average Bonchev–Trinajstić information content (AvgIpc) is 2.61. The highest BCUT2D eigenvalue weighted by molar-refractivity contribution is 6.16. The van der Waals surface area contributed by atoms with Crippen LogP contribution < -0.4 is 0 Å². The molecule has 1 atom stereocenters. The molecule has 1 saturated heterocycles. The van der Waals surface area contributed by atoms with Crippen LogP contribution in [0.15, 0.2) is 18.5 Å². The second-order valence-electron chi connectivity index (χ2n) is 3.92. The van der Waals surface area contributed by atoms with Crippen LogP contribution in [0.1, 0.15) is 12.2 Å². The Labute approximate surface area is 98.2 Å². The molecule has 3 heterocycles. The smallest absolute Gasteiger partial charge is 0.124 e. The summed E-state index contributed by atoms with van der Waals surface area (Å²) in [5, 5.41) is 0. The van der Waals surface area contributed by atoms with E-state index in [0.717, 1.165) is 36.4 Å². The Morgan fingerprint density at radius 1 is 1.56 bits per heavy atom. The topological polar surface area (TPSA) is 39.9 Å². The summed E-state index contributed by atoms with van der Waals surface area (Å²) < 4.78 is 7.55. The molecule has 0 spiro atoms. The van der Waals surface area contributed by atoms with Crippen LogP contribution in [0.2, 0.25) is 0 Å². The van der Waals surface area contributed by atoms with Gasteiger partial charge < -0.3 is 9.30 Å². The van der Waals surface area contributed by atoms with E-state index in [-0.39, 0.29) is 0 Å². The lowest BCUT2D eigenvalue weighted by Crippen LogP contribution is -2.31. The molecule has 84 valence electrons. The summed E-state index contributed by atoms with van der Waals surface area (Å²) in [6, 6.07) is 1.91. The van der Waals surface area contributed by atoms with Crippen molar-refractivity contribution in [2.75, 3.05) is 6.61 Å². The molecule has 1 fully saturated rings. The Hall–Kier alpha value is -1.13. The van der Waals surface area contributed by atoms with Gasteiger partial charge in [-0.15, -0.1) is 11.6 Å². The fourth-order valence-corrected chi connectivity index (χ4v) is 2.16. The molecule has 1 unspecified atom stereocenters. The maximum Gasteiger partial charge on any atom is 0.124 e. The van der Waals surface area contributed by atoms with Crippen molar-refractivity contribution < 1.29 is 4.74 Å². The Morgan fingerprint density at radius 3 is 3.12 bits per heavy atom. The molecule has 0 aromatic carbocycles. The zero-order chi connectivity index (χ0) is 11.0. The SMILES string of the molecule is ClCc1nc2ccncc2n1CC1CCO1. The third kappa shape index (κ3) is 1.58. The van der Waals surface area contributed by atoms with Crippen LogP contribution in [0.25, 0.3) is 11.0 Å². The van der Waals surface area contributed by atoms with E-state index in [9.17, 15) is 0 Å². The van der Waals surface area contributed by atoms with Gasteiger partial charge in [-0.25, -0.2) is 4.98 Å². The summed E-state index contributed by atoms with van der Waals surface area (Å²) in [4.78, 5) is 8.61. The van der Waals surface area contributed by atoms with Crippen molar-refractivity contribution in [2.45, 2.75) is 24.9 Å². The first-order valence-corrected chi connectivity index (χ1v) is 5.88. The summed E-state index contributed by atoms with van der Waals surface area (Å²) >= 11 is 5.90. The minimum atomic E-state index is 0.305. The predicted molar refractivity (Wildman–Crippen MR) is 61.4 cm³/mol. The van der Waals surface area contributed by atoms with Gasteiger partial charge in [-0.05, 0) is 12.5 Å². The molecule has 1 aliphatic rings. The van der Waals surface area contributed by atoms with Gasteiger partial charge in [0.1, 0.15) is 5.82 Å². The van der Waals surface area contributed by atoms with Crippen molar-refractivity contribution in [1.82, 2.24) is 14.5 Å². The minimum absolute atomic E-state index is 0.305. The number of imidazole rings is 1. The van der Waals surface area contributed by atoms with Gasteiger partial charge in [-0.2, -0.15) is 0 Å². The van der Waals surface area contributed by atoms with E-state index in [1.165, 1.54) is 0 Å². The van der Waals surface area contributed by atoms with Crippen LogP contribution in [0.3, 0.4) is 0 Å². The first kappa shape index (κ1) is 10.1. The molecule has 0 N–H and O–H groups in total. The molecule has 5 heteroatoms. The van der Waals surface area contributed by atoms with Crippen molar-refractivity contribution in [1.29, 1.82) is 0 Å². The molecule has 4 nitrogen and oxygen atoms in total. The molecule has 0 saturated carbocycles. The van der Waals surface area contributed by atoms with E-state index in [2.05, 4.69) is 14.5 Å². The second-order valence-corrected chi connectivity index (χ2v) is 4.19. The van der Waals surface area contributed by atoms with E-state index >= 15 is 0 Å². The normalized spacial score (nSPS) is 19.9. The predicted octanol–water partition coefficient (Wildman–Crippen LogP) is 1.96. The summed E-state index contributed by atoms with van der Waals surface area (Å²) in [7, 11) is 0. The molecule has 0 radical (unpaired) electrons. The standard InChI is InChI=1S/C11H12ClN3O/c12-5-11-14-9-1-3-13-6-10(9)15(11)7-8-2-4-16-8/h1,3,6,8H,2,4-5,7H2. The number of alkyl halides is 1. The number of rotatable bonds is 3. The first-order valence-electron chi connectivity index (χ1n) is 5.35. The molecule has 0 bridgehead atoms. The van der Waals surface area contributed by atoms with Crippen LogP contribution in [0, 0.1) is 0 Å². The van der Waals surface area contributed by atoms with Gasteiger partial charge in [0.15, 0.2) is 0 Å². The number of halogens is 1. The van der Waals surface area contributed by atoms with Gasteiger partial charge >= 0.3 is 0 Å².